The molecule has 2 aliphatic heterocycles. The molecule has 6 heteroatoms. The molecular formula is C13H14FNO3S. The zero-order chi connectivity index (χ0) is 13.5. The molecule has 0 N–H and O–H groups in total. The molecule has 0 radical (unpaired) electrons. The summed E-state index contributed by atoms with van der Waals surface area (Å²) in [4.78, 5) is 2.36. The number of morpholine rings is 1. The highest BCUT2D eigenvalue weighted by Crippen LogP contribution is 2.34. The van der Waals surface area contributed by atoms with Crippen LogP contribution in [0, 0.1) is 5.82 Å². The minimum atomic E-state index is -3.53. The van der Waals surface area contributed by atoms with Gasteiger partial charge in [0.2, 0.25) is 9.84 Å². The Morgan fingerprint density at radius 2 is 2.00 bits per heavy atom. The van der Waals surface area contributed by atoms with Gasteiger partial charge in [-0.15, -0.1) is 0 Å². The van der Waals surface area contributed by atoms with Gasteiger partial charge in [-0.2, -0.15) is 0 Å². The SMILES string of the molecule is O=S1(=O)C(CN2CCOCC2)=Cc2c(F)cccc21. The molecule has 3 rings (SSSR count). The van der Waals surface area contributed by atoms with Crippen LogP contribution < -0.4 is 0 Å². The molecule has 0 aliphatic carbocycles. The van der Waals surface area contributed by atoms with Crippen molar-refractivity contribution in [1.82, 2.24) is 4.90 Å². The van der Waals surface area contributed by atoms with Crippen molar-refractivity contribution in [2.75, 3.05) is 32.8 Å². The summed E-state index contributed by atoms with van der Waals surface area (Å²) >= 11 is 0. The Hall–Kier alpha value is -1.24. The Labute approximate surface area is 111 Å². The third-order valence-corrected chi connectivity index (χ3v) is 5.31. The third-order valence-electron chi connectivity index (χ3n) is 3.44. The van der Waals surface area contributed by atoms with Crippen LogP contribution in [0.15, 0.2) is 28.0 Å². The number of hydrogen-bond donors (Lipinski definition) is 0. The van der Waals surface area contributed by atoms with Gasteiger partial charge in [0.1, 0.15) is 5.82 Å². The maximum absolute atomic E-state index is 13.6. The van der Waals surface area contributed by atoms with Crippen LogP contribution >= 0.6 is 0 Å². The van der Waals surface area contributed by atoms with Crippen LogP contribution in [-0.2, 0) is 14.6 Å². The van der Waals surface area contributed by atoms with E-state index in [1.165, 1.54) is 24.3 Å². The molecule has 0 spiro atoms. The first kappa shape index (κ1) is 12.8. The summed E-state index contributed by atoms with van der Waals surface area (Å²) < 4.78 is 43.5. The minimum Gasteiger partial charge on any atom is -0.379 e. The van der Waals surface area contributed by atoms with Crippen molar-refractivity contribution in [1.29, 1.82) is 0 Å². The number of rotatable bonds is 2. The van der Waals surface area contributed by atoms with E-state index in [9.17, 15) is 12.8 Å². The number of nitrogens with zero attached hydrogens (tertiary/aromatic N) is 1. The van der Waals surface area contributed by atoms with Crippen LogP contribution in [0.5, 0.6) is 0 Å². The number of fused-ring (bicyclic) bond motifs is 1. The Kier molecular flexibility index (Phi) is 3.16. The van der Waals surface area contributed by atoms with Crippen molar-refractivity contribution in [3.63, 3.8) is 0 Å². The zero-order valence-electron chi connectivity index (χ0n) is 10.3. The van der Waals surface area contributed by atoms with Gasteiger partial charge in [-0.1, -0.05) is 6.07 Å². The molecule has 0 unspecified atom stereocenters. The molecule has 1 aromatic rings. The van der Waals surface area contributed by atoms with Crippen LogP contribution in [0.2, 0.25) is 0 Å². The monoisotopic (exact) mass is 283 g/mol. The molecule has 4 nitrogen and oxygen atoms in total. The fourth-order valence-corrected chi connectivity index (χ4v) is 3.99. The second-order valence-electron chi connectivity index (χ2n) is 4.65. The van der Waals surface area contributed by atoms with Gasteiger partial charge in [0.05, 0.1) is 23.0 Å². The first-order chi connectivity index (χ1) is 9.09. The summed E-state index contributed by atoms with van der Waals surface area (Å²) in [5.41, 5.74) is 0.186. The van der Waals surface area contributed by atoms with E-state index >= 15 is 0 Å². The van der Waals surface area contributed by atoms with Crippen LogP contribution in [0.25, 0.3) is 6.08 Å². The summed E-state index contributed by atoms with van der Waals surface area (Å²) in [6.45, 7) is 2.93. The second-order valence-corrected chi connectivity index (χ2v) is 6.63. The van der Waals surface area contributed by atoms with Gasteiger partial charge < -0.3 is 4.74 Å². The topological polar surface area (TPSA) is 46.6 Å². The molecule has 0 saturated carbocycles. The van der Waals surface area contributed by atoms with Crippen molar-refractivity contribution in [3.8, 4) is 0 Å². The van der Waals surface area contributed by atoms with E-state index < -0.39 is 15.7 Å². The molecule has 1 saturated heterocycles. The molecule has 2 aliphatic rings. The van der Waals surface area contributed by atoms with Crippen molar-refractivity contribution >= 4 is 15.9 Å². The van der Waals surface area contributed by atoms with Crippen molar-refractivity contribution < 1.29 is 17.5 Å². The first-order valence-electron chi connectivity index (χ1n) is 6.13. The molecule has 0 atom stereocenters. The lowest BCUT2D eigenvalue weighted by Gasteiger charge is -2.26. The summed E-state index contributed by atoms with van der Waals surface area (Å²) in [6, 6.07) is 4.16. The lowest BCUT2D eigenvalue weighted by molar-refractivity contribution is 0.0430. The Morgan fingerprint density at radius 3 is 2.68 bits per heavy atom. The highest BCUT2D eigenvalue weighted by atomic mass is 32.2. The highest BCUT2D eigenvalue weighted by Gasteiger charge is 2.32. The Morgan fingerprint density at radius 1 is 1.26 bits per heavy atom. The van der Waals surface area contributed by atoms with E-state index in [1.807, 2.05) is 4.90 Å². The molecule has 102 valence electrons. The Bertz CT molecular complexity index is 633. The van der Waals surface area contributed by atoms with E-state index in [1.54, 1.807) is 0 Å². The standard InChI is InChI=1S/C13H14FNO3S/c14-12-2-1-3-13-11(12)8-10(19(13,16)17)9-15-4-6-18-7-5-15/h1-3,8H,4-7,9H2. The quantitative estimate of drug-likeness (QED) is 0.820. The largest absolute Gasteiger partial charge is 0.379 e. The minimum absolute atomic E-state index is 0.0794. The van der Waals surface area contributed by atoms with Crippen LogP contribution in [0.1, 0.15) is 5.56 Å². The molecule has 1 fully saturated rings. The average Bonchev–Trinajstić information content (AvgIpc) is 2.65. The van der Waals surface area contributed by atoms with Gasteiger partial charge in [-0.05, 0) is 18.2 Å². The van der Waals surface area contributed by atoms with Crippen LogP contribution in [-0.4, -0.2) is 46.2 Å². The second kappa shape index (κ2) is 4.70. The normalized spacial score (nSPS) is 22.1. The summed E-state index contributed by atoms with van der Waals surface area (Å²) in [7, 11) is -3.53. The first-order valence-corrected chi connectivity index (χ1v) is 7.61. The van der Waals surface area contributed by atoms with Gasteiger partial charge in [0.25, 0.3) is 0 Å². The Balaban J connectivity index is 1.92. The number of benzene rings is 1. The predicted molar refractivity (Wildman–Crippen MR) is 68.8 cm³/mol. The number of sulfone groups is 1. The van der Waals surface area contributed by atoms with Gasteiger partial charge in [0, 0.05) is 25.2 Å². The van der Waals surface area contributed by atoms with E-state index in [-0.39, 0.29) is 15.4 Å². The van der Waals surface area contributed by atoms with Gasteiger partial charge in [-0.25, -0.2) is 12.8 Å². The van der Waals surface area contributed by atoms with Crippen LogP contribution in [0.4, 0.5) is 4.39 Å². The number of halogens is 1. The smallest absolute Gasteiger partial charge is 0.204 e. The fraction of sp³-hybridized carbons (Fsp3) is 0.385. The van der Waals surface area contributed by atoms with Crippen molar-refractivity contribution in [2.24, 2.45) is 0 Å². The van der Waals surface area contributed by atoms with E-state index in [0.29, 0.717) is 32.8 Å². The van der Waals surface area contributed by atoms with Gasteiger partial charge in [0.15, 0.2) is 0 Å². The van der Waals surface area contributed by atoms with Gasteiger partial charge in [-0.3, -0.25) is 4.90 Å². The molecule has 0 bridgehead atoms. The fourth-order valence-electron chi connectivity index (χ4n) is 2.38. The molecule has 0 amide bonds. The lowest BCUT2D eigenvalue weighted by atomic mass is 10.2. The summed E-state index contributed by atoms with van der Waals surface area (Å²) in [6.07, 6.45) is 1.45. The highest BCUT2D eigenvalue weighted by molar-refractivity contribution is 7.95. The van der Waals surface area contributed by atoms with E-state index in [0.717, 1.165) is 0 Å². The van der Waals surface area contributed by atoms with Crippen LogP contribution in [0.3, 0.4) is 0 Å². The summed E-state index contributed by atoms with van der Waals surface area (Å²) in [5, 5.41) is 0. The lowest BCUT2D eigenvalue weighted by Crippen LogP contribution is -2.38. The predicted octanol–water partition coefficient (Wildman–Crippen LogP) is 1.29. The molecule has 2 heterocycles. The van der Waals surface area contributed by atoms with E-state index in [2.05, 4.69) is 0 Å². The molecule has 1 aromatic carbocycles. The van der Waals surface area contributed by atoms with E-state index in [4.69, 9.17) is 4.74 Å². The third kappa shape index (κ3) is 2.20. The van der Waals surface area contributed by atoms with Crippen molar-refractivity contribution in [2.45, 2.75) is 4.90 Å². The maximum atomic E-state index is 13.6. The molecule has 0 aromatic heterocycles. The number of ether oxygens (including phenoxy) is 1. The molecule has 19 heavy (non-hydrogen) atoms. The maximum Gasteiger partial charge on any atom is 0.204 e. The van der Waals surface area contributed by atoms with Crippen molar-refractivity contribution in [3.05, 3.63) is 34.5 Å². The zero-order valence-corrected chi connectivity index (χ0v) is 11.1. The summed E-state index contributed by atoms with van der Waals surface area (Å²) in [5.74, 6) is -0.488. The average molecular weight is 283 g/mol. The number of hydrogen-bond acceptors (Lipinski definition) is 4. The van der Waals surface area contributed by atoms with Gasteiger partial charge >= 0.3 is 0 Å². The molecular weight excluding hydrogens is 269 g/mol.